The molecule has 2 heteroatoms. The largest absolute Gasteiger partial charge is 0.309 e. The van der Waals surface area contributed by atoms with E-state index in [2.05, 4.69) is 124 Å². The molecule has 0 aliphatic rings. The maximum atomic E-state index is 3.60. The van der Waals surface area contributed by atoms with Crippen LogP contribution in [0.5, 0.6) is 0 Å². The summed E-state index contributed by atoms with van der Waals surface area (Å²) in [6.07, 6.45) is 0. The van der Waals surface area contributed by atoms with Gasteiger partial charge < -0.3 is 4.57 Å². The van der Waals surface area contributed by atoms with Gasteiger partial charge in [0.2, 0.25) is 0 Å². The van der Waals surface area contributed by atoms with Crippen LogP contribution in [0.25, 0.3) is 39.0 Å². The molecule has 0 radical (unpaired) electrons. The molecule has 1 nitrogen and oxygen atoms in total. The van der Waals surface area contributed by atoms with Gasteiger partial charge in [-0.3, -0.25) is 0 Å². The molecule has 4 aromatic carbocycles. The highest BCUT2D eigenvalue weighted by Gasteiger charge is 2.13. The minimum atomic E-state index is 1.09. The standard InChI is InChI=1S/C26H18BrN/c27-23-13-16-25-22(17-23)18-26(21-9-5-2-6-10-21)28(25)24-14-11-20(12-15-24)19-7-3-1-4-8-19/h1-18H. The third kappa shape index (κ3) is 3.06. The molecule has 0 unspecified atom stereocenters. The van der Waals surface area contributed by atoms with E-state index in [0.717, 1.165) is 10.2 Å². The Morgan fingerprint density at radius 3 is 1.82 bits per heavy atom. The molecule has 0 N–H and O–H groups in total. The van der Waals surface area contributed by atoms with E-state index in [9.17, 15) is 0 Å². The first-order valence-corrected chi connectivity index (χ1v) is 10.1. The second-order valence-corrected chi connectivity index (χ2v) is 7.76. The summed E-state index contributed by atoms with van der Waals surface area (Å²) in [4.78, 5) is 0. The van der Waals surface area contributed by atoms with E-state index in [-0.39, 0.29) is 0 Å². The van der Waals surface area contributed by atoms with Crippen LogP contribution in [0.4, 0.5) is 0 Å². The summed E-state index contributed by atoms with van der Waals surface area (Å²) in [5, 5.41) is 1.22. The average Bonchev–Trinajstić information content (AvgIpc) is 3.13. The van der Waals surface area contributed by atoms with Gasteiger partial charge in [-0.15, -0.1) is 0 Å². The zero-order valence-electron chi connectivity index (χ0n) is 15.2. The van der Waals surface area contributed by atoms with Crippen LogP contribution in [0.2, 0.25) is 0 Å². The van der Waals surface area contributed by atoms with Gasteiger partial charge in [0.15, 0.2) is 0 Å². The molecule has 0 fully saturated rings. The molecule has 1 heterocycles. The predicted molar refractivity (Wildman–Crippen MR) is 122 cm³/mol. The van der Waals surface area contributed by atoms with Crippen LogP contribution in [0.3, 0.4) is 0 Å². The van der Waals surface area contributed by atoms with Gasteiger partial charge in [0.05, 0.1) is 11.2 Å². The molecule has 0 saturated heterocycles. The van der Waals surface area contributed by atoms with Gasteiger partial charge >= 0.3 is 0 Å². The number of nitrogens with zero attached hydrogens (tertiary/aromatic N) is 1. The second-order valence-electron chi connectivity index (χ2n) is 6.85. The summed E-state index contributed by atoms with van der Waals surface area (Å²) >= 11 is 3.60. The number of fused-ring (bicyclic) bond motifs is 1. The minimum absolute atomic E-state index is 1.09. The van der Waals surface area contributed by atoms with Crippen molar-refractivity contribution >= 4 is 26.8 Å². The van der Waals surface area contributed by atoms with Crippen LogP contribution in [0.15, 0.2) is 114 Å². The number of hydrogen-bond donors (Lipinski definition) is 0. The lowest BCUT2D eigenvalue weighted by Gasteiger charge is -2.12. The number of benzene rings is 4. The van der Waals surface area contributed by atoms with Crippen LogP contribution in [-0.2, 0) is 0 Å². The third-order valence-electron chi connectivity index (χ3n) is 5.07. The van der Waals surface area contributed by atoms with Crippen molar-refractivity contribution in [1.82, 2.24) is 4.57 Å². The van der Waals surface area contributed by atoms with Gasteiger partial charge in [-0.1, -0.05) is 88.7 Å². The molecule has 0 atom stereocenters. The van der Waals surface area contributed by atoms with Gasteiger partial charge in [-0.2, -0.15) is 0 Å². The van der Waals surface area contributed by atoms with Crippen molar-refractivity contribution in [3.8, 4) is 28.1 Å². The Hall–Kier alpha value is -3.10. The molecule has 0 spiro atoms. The molecule has 1 aromatic heterocycles. The topological polar surface area (TPSA) is 4.93 Å². The highest BCUT2D eigenvalue weighted by molar-refractivity contribution is 9.10. The lowest BCUT2D eigenvalue weighted by atomic mass is 10.1. The maximum absolute atomic E-state index is 3.60. The summed E-state index contributed by atoms with van der Waals surface area (Å²) in [6, 6.07) is 38.6. The quantitative estimate of drug-likeness (QED) is 0.279. The monoisotopic (exact) mass is 423 g/mol. The van der Waals surface area contributed by atoms with E-state index in [0.29, 0.717) is 0 Å². The lowest BCUT2D eigenvalue weighted by molar-refractivity contribution is 1.13. The Labute approximate surface area is 173 Å². The summed E-state index contributed by atoms with van der Waals surface area (Å²) in [5.74, 6) is 0. The zero-order chi connectivity index (χ0) is 18.9. The Bertz CT molecular complexity index is 1240. The number of rotatable bonds is 3. The van der Waals surface area contributed by atoms with Crippen molar-refractivity contribution in [2.24, 2.45) is 0 Å². The second kappa shape index (κ2) is 7.14. The van der Waals surface area contributed by atoms with E-state index in [1.54, 1.807) is 0 Å². The highest BCUT2D eigenvalue weighted by Crippen LogP contribution is 2.33. The summed E-state index contributed by atoms with van der Waals surface area (Å²) in [6.45, 7) is 0. The van der Waals surface area contributed by atoms with Crippen molar-refractivity contribution in [3.05, 3.63) is 114 Å². The van der Waals surface area contributed by atoms with Crippen molar-refractivity contribution in [2.75, 3.05) is 0 Å². The van der Waals surface area contributed by atoms with Gasteiger partial charge in [-0.25, -0.2) is 0 Å². The predicted octanol–water partition coefficient (Wildman–Crippen LogP) is 7.73. The zero-order valence-corrected chi connectivity index (χ0v) is 16.8. The van der Waals surface area contributed by atoms with E-state index < -0.39 is 0 Å². The molecule has 0 saturated carbocycles. The van der Waals surface area contributed by atoms with E-state index in [1.165, 1.54) is 33.3 Å². The first-order chi connectivity index (χ1) is 13.8. The van der Waals surface area contributed by atoms with Crippen LogP contribution < -0.4 is 0 Å². The molecule has 28 heavy (non-hydrogen) atoms. The third-order valence-corrected chi connectivity index (χ3v) is 5.56. The summed E-state index contributed by atoms with van der Waals surface area (Å²) < 4.78 is 3.43. The minimum Gasteiger partial charge on any atom is -0.309 e. The van der Waals surface area contributed by atoms with Crippen molar-refractivity contribution in [1.29, 1.82) is 0 Å². The van der Waals surface area contributed by atoms with Crippen molar-refractivity contribution in [2.45, 2.75) is 0 Å². The lowest BCUT2D eigenvalue weighted by Crippen LogP contribution is -1.96. The van der Waals surface area contributed by atoms with Crippen LogP contribution in [0, 0.1) is 0 Å². The van der Waals surface area contributed by atoms with Gasteiger partial charge in [0.25, 0.3) is 0 Å². The van der Waals surface area contributed by atoms with Gasteiger partial charge in [-0.05, 0) is 53.1 Å². The molecular weight excluding hydrogens is 406 g/mol. The van der Waals surface area contributed by atoms with E-state index in [1.807, 2.05) is 6.07 Å². The molecule has 0 aliphatic carbocycles. The van der Waals surface area contributed by atoms with Crippen LogP contribution in [0.1, 0.15) is 0 Å². The normalized spacial score (nSPS) is 11.0. The van der Waals surface area contributed by atoms with Crippen molar-refractivity contribution in [3.63, 3.8) is 0 Å². The SMILES string of the molecule is Brc1ccc2c(c1)cc(-c1ccccc1)n2-c1ccc(-c2ccccc2)cc1. The first kappa shape index (κ1) is 17.0. The molecule has 5 aromatic rings. The summed E-state index contributed by atoms with van der Waals surface area (Å²) in [7, 11) is 0. The Balaban J connectivity index is 1.69. The fourth-order valence-electron chi connectivity index (χ4n) is 3.72. The van der Waals surface area contributed by atoms with Crippen LogP contribution >= 0.6 is 15.9 Å². The molecule has 134 valence electrons. The molecule has 0 aliphatic heterocycles. The smallest absolute Gasteiger partial charge is 0.0540 e. The summed E-state index contributed by atoms with van der Waals surface area (Å²) in [5.41, 5.74) is 7.23. The van der Waals surface area contributed by atoms with Gasteiger partial charge in [0.1, 0.15) is 0 Å². The molecule has 5 rings (SSSR count). The van der Waals surface area contributed by atoms with Crippen LogP contribution in [-0.4, -0.2) is 4.57 Å². The van der Waals surface area contributed by atoms with E-state index >= 15 is 0 Å². The molecular formula is C26H18BrN. The highest BCUT2D eigenvalue weighted by atomic mass is 79.9. The first-order valence-electron chi connectivity index (χ1n) is 9.32. The molecule has 0 amide bonds. The van der Waals surface area contributed by atoms with Crippen molar-refractivity contribution < 1.29 is 0 Å². The Morgan fingerprint density at radius 2 is 1.14 bits per heavy atom. The molecule has 0 bridgehead atoms. The number of aromatic nitrogens is 1. The Morgan fingerprint density at radius 1 is 0.536 bits per heavy atom. The maximum Gasteiger partial charge on any atom is 0.0540 e. The van der Waals surface area contributed by atoms with E-state index in [4.69, 9.17) is 0 Å². The Kier molecular flexibility index (Phi) is 4.34. The fraction of sp³-hybridized carbons (Fsp3) is 0. The van der Waals surface area contributed by atoms with Gasteiger partial charge in [0, 0.05) is 15.5 Å². The fourth-order valence-corrected chi connectivity index (χ4v) is 4.10. The average molecular weight is 424 g/mol. The number of halogens is 1. The number of hydrogen-bond acceptors (Lipinski definition) is 0.